The fourth-order valence-corrected chi connectivity index (χ4v) is 16.2. The first-order valence-corrected chi connectivity index (χ1v) is 37.0. The van der Waals surface area contributed by atoms with Crippen LogP contribution in [-0.2, 0) is 62.3 Å². The normalized spacial score (nSPS) is 30.4. The Bertz CT molecular complexity index is 2890. The Morgan fingerprint density at radius 2 is 1.26 bits per heavy atom. The fraction of sp³-hybridized carbons (Fsp3) is 0.831. The summed E-state index contributed by atoms with van der Waals surface area (Å²) >= 11 is 6.40. The molecule has 0 radical (unpaired) electrons. The molecule has 3 N–H and O–H groups in total. The molecule has 3 unspecified atom stereocenters. The zero-order valence-corrected chi connectivity index (χ0v) is 62.6. The first-order chi connectivity index (χ1) is 47.0. The summed E-state index contributed by atoms with van der Waals surface area (Å²) in [7, 11) is 8.44. The SMILES string of the molecule is CC[C@H](C)[C@@H]1NC(=O)[C@H](CC(C)C)N(C)C(=O)C[C@@H](C(=O)N2CCOCC2)N(C)C(=O)[C@H](C(C)C)N(C)C(=O)C2(CCCC2)NC(=O)[C@@H]2CCCN2C(=O)[C@H](CCC2CCC(C(F)(F)F)C(Cl)C2)NC(=O)CN(C)C(=O)[C@H](CC2CCC(C)CC2)N(CC)C(=O)CN(C)C(=O)CN(C)C1=O. The number of likely N-dealkylation sites (N-methyl/N-ethyl adjacent to an activating group) is 7. The summed E-state index contributed by atoms with van der Waals surface area (Å²) in [6, 6.07) is -8.77. The molecule has 25 nitrogen and oxygen atoms in total. The van der Waals surface area contributed by atoms with E-state index in [1.807, 2.05) is 20.8 Å². The van der Waals surface area contributed by atoms with E-state index in [1.165, 1.54) is 71.7 Å². The van der Waals surface area contributed by atoms with Crippen LogP contribution in [0.1, 0.15) is 177 Å². The molecule has 0 bridgehead atoms. The van der Waals surface area contributed by atoms with Crippen LogP contribution in [0.15, 0.2) is 0 Å². The maximum Gasteiger partial charge on any atom is 0.393 e. The van der Waals surface area contributed by atoms with Gasteiger partial charge in [0, 0.05) is 73.8 Å². The fourth-order valence-electron chi connectivity index (χ4n) is 15.7. The summed E-state index contributed by atoms with van der Waals surface area (Å²) in [5, 5.41) is 7.54. The highest BCUT2D eigenvalue weighted by molar-refractivity contribution is 6.21. The lowest BCUT2D eigenvalue weighted by Gasteiger charge is -2.42. The van der Waals surface area contributed by atoms with Crippen LogP contribution in [0.2, 0.25) is 0 Å². The number of ether oxygens (including phenoxy) is 1. The Kier molecular flexibility index (Phi) is 30.3. The van der Waals surface area contributed by atoms with Crippen molar-refractivity contribution in [3.8, 4) is 0 Å². The second kappa shape index (κ2) is 36.7. The third kappa shape index (κ3) is 21.0. The number of hydrogen-bond donors (Lipinski definition) is 3. The zero-order chi connectivity index (χ0) is 74.4. The van der Waals surface area contributed by atoms with Gasteiger partial charge in [-0.2, -0.15) is 13.2 Å². The average Bonchev–Trinajstić information content (AvgIpc) is 1.43. The van der Waals surface area contributed by atoms with Crippen molar-refractivity contribution >= 4 is 82.5 Å². The molecule has 0 aromatic carbocycles. The van der Waals surface area contributed by atoms with E-state index < -0.39 is 174 Å². The highest BCUT2D eigenvalue weighted by atomic mass is 35.5. The van der Waals surface area contributed by atoms with Gasteiger partial charge in [0.15, 0.2) is 0 Å². The molecule has 3 saturated carbocycles. The highest BCUT2D eigenvalue weighted by Gasteiger charge is 2.52. The van der Waals surface area contributed by atoms with Crippen molar-refractivity contribution in [3.63, 3.8) is 0 Å². The van der Waals surface area contributed by atoms with Crippen molar-refractivity contribution < 1.29 is 75.4 Å². The Labute approximate surface area is 595 Å². The van der Waals surface area contributed by atoms with E-state index in [4.69, 9.17) is 16.3 Å². The highest BCUT2D eigenvalue weighted by Crippen LogP contribution is 2.44. The summed E-state index contributed by atoms with van der Waals surface area (Å²) in [6.45, 7) is 13.7. The number of hydrogen-bond acceptors (Lipinski definition) is 13. The van der Waals surface area contributed by atoms with Crippen LogP contribution in [0.5, 0.6) is 0 Å². The molecule has 29 heteroatoms. The van der Waals surface area contributed by atoms with E-state index in [-0.39, 0.29) is 121 Å². The second-order valence-electron chi connectivity index (χ2n) is 30.4. The average molecular weight is 1440 g/mol. The van der Waals surface area contributed by atoms with Crippen LogP contribution in [0, 0.1) is 41.4 Å². The van der Waals surface area contributed by atoms with Gasteiger partial charge in [0.05, 0.1) is 45.2 Å². The van der Waals surface area contributed by atoms with E-state index in [2.05, 4.69) is 22.9 Å². The maximum atomic E-state index is 15.4. The van der Waals surface area contributed by atoms with Crippen molar-refractivity contribution in [1.82, 2.24) is 60.0 Å². The number of fused-ring (bicyclic) bond motifs is 1. The number of rotatable bonds is 12. The number of carbonyl (C=O) groups excluding carboxylic acids is 12. The largest absolute Gasteiger partial charge is 0.393 e. The topological polar surface area (TPSA) is 279 Å². The van der Waals surface area contributed by atoms with Gasteiger partial charge < -0.3 is 64.8 Å². The molecule has 3 aliphatic heterocycles. The van der Waals surface area contributed by atoms with Gasteiger partial charge in [-0.15, -0.1) is 11.6 Å². The maximum absolute atomic E-state index is 15.4. The minimum absolute atomic E-state index is 0.00560. The molecule has 12 amide bonds. The summed E-state index contributed by atoms with van der Waals surface area (Å²) in [5.74, 6) is -10.7. The summed E-state index contributed by atoms with van der Waals surface area (Å²) in [4.78, 5) is 190. The van der Waals surface area contributed by atoms with Gasteiger partial charge in [0.1, 0.15) is 47.8 Å². The standard InChI is InChI=1S/C71H116ClF3N12O13/c1-15-46(8)60-67(97)81(11)41-58(90)79(9)42-59(91)86(16-2)55(38-48-23-21-45(7)22-24-48)65(95)80(10)40-56(88)76-51(28-26-47-25-27-49(50(72)37-47)71(73,74)75)64(94)87-31-19-20-52(87)63(93)78-70(29-17-18-30-70)69(99)84(14)61(44(5)6)68(98)83(13)54(66(96)85-32-34-100-35-33-85)39-57(89)82(12)53(36-43(3)4)62(92)77-60/h43-55,60-61H,15-42H2,1-14H3,(H,76,88)(H,77,92)(H,78,93)/t45?,46-,47?,48?,49?,50?,51-,52-,53-,54-,55-,60-,61-/m0/s1. The van der Waals surface area contributed by atoms with Gasteiger partial charge in [-0.05, 0) is 113 Å². The Morgan fingerprint density at radius 1 is 0.650 bits per heavy atom. The summed E-state index contributed by atoms with van der Waals surface area (Å²) < 4.78 is 47.6. The van der Waals surface area contributed by atoms with E-state index in [9.17, 15) is 46.7 Å². The molecule has 0 aromatic rings. The molecule has 0 aromatic heterocycles. The lowest BCUT2D eigenvalue weighted by molar-refractivity contribution is -0.182. The van der Waals surface area contributed by atoms with Gasteiger partial charge >= 0.3 is 6.18 Å². The van der Waals surface area contributed by atoms with Crippen LogP contribution in [0.3, 0.4) is 0 Å². The van der Waals surface area contributed by atoms with Crippen molar-refractivity contribution in [3.05, 3.63) is 0 Å². The minimum atomic E-state index is -4.51. The van der Waals surface area contributed by atoms with Crippen molar-refractivity contribution in [2.24, 2.45) is 41.4 Å². The summed E-state index contributed by atoms with van der Waals surface area (Å²) in [6.07, 6.45) is 0.812. The number of nitrogens with one attached hydrogen (secondary N) is 3. The lowest BCUT2D eigenvalue weighted by Crippen LogP contribution is -2.65. The summed E-state index contributed by atoms with van der Waals surface area (Å²) in [5.41, 5.74) is -1.58. The Morgan fingerprint density at radius 3 is 1.84 bits per heavy atom. The molecular weight excluding hydrogens is 1320 g/mol. The van der Waals surface area contributed by atoms with Gasteiger partial charge in [-0.25, -0.2) is 0 Å². The molecule has 100 heavy (non-hydrogen) atoms. The van der Waals surface area contributed by atoms with E-state index in [1.54, 1.807) is 27.7 Å². The van der Waals surface area contributed by atoms with E-state index in [0.717, 1.165) is 40.4 Å². The number of amides is 12. The number of carbonyl (C=O) groups is 12. The van der Waals surface area contributed by atoms with Crippen molar-refractivity contribution in [1.29, 1.82) is 0 Å². The predicted molar refractivity (Wildman–Crippen MR) is 369 cm³/mol. The van der Waals surface area contributed by atoms with Gasteiger partial charge in [0.25, 0.3) is 0 Å². The van der Waals surface area contributed by atoms with Gasteiger partial charge in [-0.1, -0.05) is 93.4 Å². The van der Waals surface area contributed by atoms with Crippen LogP contribution in [-0.4, -0.2) is 276 Å². The van der Waals surface area contributed by atoms with Gasteiger partial charge in [-0.3, -0.25) is 57.5 Å². The number of alkyl halides is 4. The Hall–Kier alpha value is -6.32. The first-order valence-electron chi connectivity index (χ1n) is 36.6. The van der Waals surface area contributed by atoms with E-state index in [0.29, 0.717) is 31.6 Å². The Balaban J connectivity index is 1.42. The van der Waals surface area contributed by atoms with Crippen molar-refractivity contribution in [2.45, 2.75) is 237 Å². The van der Waals surface area contributed by atoms with Crippen LogP contribution >= 0.6 is 11.6 Å². The molecule has 3 heterocycles. The molecule has 6 fully saturated rings. The molecule has 11 atom stereocenters. The predicted octanol–water partition coefficient (Wildman–Crippen LogP) is 5.04. The number of morpholine rings is 1. The third-order valence-corrected chi connectivity index (χ3v) is 22.7. The molecule has 566 valence electrons. The molecular formula is C71H116ClF3N12O13. The zero-order valence-electron chi connectivity index (χ0n) is 61.8. The molecule has 6 rings (SSSR count). The molecule has 1 spiro atoms. The smallest absolute Gasteiger partial charge is 0.378 e. The quantitative estimate of drug-likeness (QED) is 0.216. The number of halogens is 4. The third-order valence-electron chi connectivity index (χ3n) is 22.2. The second-order valence-corrected chi connectivity index (χ2v) is 31.0. The first kappa shape index (κ1) is 82.6. The van der Waals surface area contributed by atoms with Crippen LogP contribution < -0.4 is 16.0 Å². The van der Waals surface area contributed by atoms with Gasteiger partial charge in [0.2, 0.25) is 70.9 Å². The molecule has 3 saturated heterocycles. The lowest BCUT2D eigenvalue weighted by atomic mass is 9.78. The monoisotopic (exact) mass is 1440 g/mol. The minimum Gasteiger partial charge on any atom is -0.378 e. The van der Waals surface area contributed by atoms with Crippen LogP contribution in [0.25, 0.3) is 0 Å². The van der Waals surface area contributed by atoms with E-state index >= 15 is 24.0 Å². The molecule has 6 aliphatic rings. The van der Waals surface area contributed by atoms with Crippen molar-refractivity contribution in [2.75, 3.05) is 101 Å². The van der Waals surface area contributed by atoms with Crippen LogP contribution in [0.4, 0.5) is 13.2 Å². The number of nitrogens with zero attached hydrogens (tertiary/aromatic N) is 9. The molecule has 3 aliphatic carbocycles.